The van der Waals surface area contributed by atoms with Crippen molar-refractivity contribution in [2.75, 3.05) is 13.1 Å². The molecular weight excluding hydrogens is 298 g/mol. The Labute approximate surface area is 133 Å². The standard InChI is InChI=1S/C16H19N3O4/c1-10-6-13(7-15(20)18(10)3)22-12-4-5-19(9-12)16(21)14-8-17-23-11(14)2/h6-8,12H,4-5,9H2,1-3H3. The molecule has 0 spiro atoms. The van der Waals surface area contributed by atoms with Gasteiger partial charge in [0.05, 0.1) is 12.7 Å². The van der Waals surface area contributed by atoms with E-state index in [0.717, 1.165) is 12.1 Å². The quantitative estimate of drug-likeness (QED) is 0.852. The fourth-order valence-electron chi connectivity index (χ4n) is 2.68. The normalized spacial score (nSPS) is 17.5. The van der Waals surface area contributed by atoms with Crippen molar-refractivity contribution in [1.29, 1.82) is 0 Å². The minimum absolute atomic E-state index is 0.102. The van der Waals surface area contributed by atoms with Gasteiger partial charge in [-0.1, -0.05) is 5.16 Å². The summed E-state index contributed by atoms with van der Waals surface area (Å²) in [5.41, 5.74) is 1.21. The van der Waals surface area contributed by atoms with E-state index in [0.29, 0.717) is 30.2 Å². The zero-order valence-corrected chi connectivity index (χ0v) is 13.4. The molecule has 1 fully saturated rings. The Kier molecular flexibility index (Phi) is 3.94. The molecule has 0 N–H and O–H groups in total. The van der Waals surface area contributed by atoms with Crippen molar-refractivity contribution in [3.8, 4) is 5.75 Å². The van der Waals surface area contributed by atoms with Crippen LogP contribution in [0.15, 0.2) is 27.6 Å². The van der Waals surface area contributed by atoms with E-state index in [1.807, 2.05) is 13.0 Å². The highest BCUT2D eigenvalue weighted by Crippen LogP contribution is 2.20. The van der Waals surface area contributed by atoms with Crippen LogP contribution in [0.25, 0.3) is 0 Å². The van der Waals surface area contributed by atoms with Gasteiger partial charge in [0.15, 0.2) is 0 Å². The van der Waals surface area contributed by atoms with Crippen LogP contribution in [0.5, 0.6) is 5.75 Å². The summed E-state index contributed by atoms with van der Waals surface area (Å²) in [6.07, 6.45) is 2.05. The number of ether oxygens (including phenoxy) is 1. The van der Waals surface area contributed by atoms with Crippen molar-refractivity contribution < 1.29 is 14.1 Å². The number of hydrogen-bond donors (Lipinski definition) is 0. The summed E-state index contributed by atoms with van der Waals surface area (Å²) in [7, 11) is 1.72. The molecule has 0 aromatic carbocycles. The summed E-state index contributed by atoms with van der Waals surface area (Å²) in [5.74, 6) is 0.961. The van der Waals surface area contributed by atoms with Crippen LogP contribution in [0.2, 0.25) is 0 Å². The van der Waals surface area contributed by atoms with Gasteiger partial charge in [0.1, 0.15) is 23.2 Å². The lowest BCUT2D eigenvalue weighted by Gasteiger charge is -2.17. The highest BCUT2D eigenvalue weighted by molar-refractivity contribution is 5.94. The lowest BCUT2D eigenvalue weighted by molar-refractivity contribution is 0.0770. The first-order valence-corrected chi connectivity index (χ1v) is 7.50. The van der Waals surface area contributed by atoms with E-state index in [-0.39, 0.29) is 17.6 Å². The second kappa shape index (κ2) is 5.91. The van der Waals surface area contributed by atoms with Crippen molar-refractivity contribution >= 4 is 5.91 Å². The lowest BCUT2D eigenvalue weighted by Crippen LogP contribution is -2.31. The Balaban J connectivity index is 1.68. The molecule has 1 saturated heterocycles. The van der Waals surface area contributed by atoms with Gasteiger partial charge in [0, 0.05) is 31.8 Å². The minimum atomic E-state index is -0.120. The van der Waals surface area contributed by atoms with E-state index >= 15 is 0 Å². The third kappa shape index (κ3) is 2.99. The van der Waals surface area contributed by atoms with E-state index in [1.165, 1.54) is 12.3 Å². The summed E-state index contributed by atoms with van der Waals surface area (Å²) >= 11 is 0. The Morgan fingerprint density at radius 3 is 2.83 bits per heavy atom. The minimum Gasteiger partial charge on any atom is -0.488 e. The van der Waals surface area contributed by atoms with Gasteiger partial charge < -0.3 is 18.7 Å². The molecule has 2 aromatic heterocycles. The molecule has 0 radical (unpaired) electrons. The Bertz CT molecular complexity index is 793. The molecule has 3 heterocycles. The molecular formula is C16H19N3O4. The summed E-state index contributed by atoms with van der Waals surface area (Å²) < 4.78 is 12.4. The Morgan fingerprint density at radius 2 is 2.17 bits per heavy atom. The molecule has 1 amide bonds. The maximum absolute atomic E-state index is 12.4. The molecule has 23 heavy (non-hydrogen) atoms. The summed E-state index contributed by atoms with van der Waals surface area (Å²) in [6, 6.07) is 3.30. The molecule has 1 aliphatic heterocycles. The number of aromatic nitrogens is 2. The second-order valence-corrected chi connectivity index (χ2v) is 5.81. The van der Waals surface area contributed by atoms with E-state index < -0.39 is 0 Å². The molecule has 3 rings (SSSR count). The fraction of sp³-hybridized carbons (Fsp3) is 0.438. The molecule has 1 unspecified atom stereocenters. The second-order valence-electron chi connectivity index (χ2n) is 5.81. The highest BCUT2D eigenvalue weighted by atomic mass is 16.5. The SMILES string of the molecule is Cc1oncc1C(=O)N1CCC(Oc2cc(C)n(C)c(=O)c2)C1. The van der Waals surface area contributed by atoms with Crippen LogP contribution in [-0.4, -0.2) is 39.7 Å². The first-order valence-electron chi connectivity index (χ1n) is 7.50. The van der Waals surface area contributed by atoms with Gasteiger partial charge in [-0.2, -0.15) is 0 Å². The van der Waals surface area contributed by atoms with Crippen LogP contribution in [-0.2, 0) is 7.05 Å². The predicted octanol–water partition coefficient (Wildman–Crippen LogP) is 1.28. The molecule has 2 aromatic rings. The van der Waals surface area contributed by atoms with Crippen molar-refractivity contribution in [2.24, 2.45) is 7.05 Å². The first kappa shape index (κ1) is 15.3. The average Bonchev–Trinajstić information content (AvgIpc) is 3.13. The molecule has 1 atom stereocenters. The monoisotopic (exact) mass is 317 g/mol. The molecule has 1 aliphatic rings. The van der Waals surface area contributed by atoms with Gasteiger partial charge >= 0.3 is 0 Å². The zero-order chi connectivity index (χ0) is 16.6. The van der Waals surface area contributed by atoms with E-state index in [9.17, 15) is 9.59 Å². The van der Waals surface area contributed by atoms with Gasteiger partial charge in [-0.05, 0) is 19.9 Å². The Hall–Kier alpha value is -2.57. The number of aryl methyl sites for hydroxylation is 2. The van der Waals surface area contributed by atoms with Crippen LogP contribution in [0.3, 0.4) is 0 Å². The number of rotatable bonds is 3. The van der Waals surface area contributed by atoms with Crippen LogP contribution in [0, 0.1) is 13.8 Å². The first-order chi connectivity index (χ1) is 11.0. The summed E-state index contributed by atoms with van der Waals surface area (Å²) in [5, 5.41) is 3.64. The van der Waals surface area contributed by atoms with E-state index in [2.05, 4.69) is 5.16 Å². The maximum atomic E-state index is 12.4. The predicted molar refractivity (Wildman–Crippen MR) is 82.6 cm³/mol. The number of carbonyl (C=O) groups is 1. The van der Waals surface area contributed by atoms with E-state index in [1.54, 1.807) is 23.4 Å². The smallest absolute Gasteiger partial charge is 0.259 e. The van der Waals surface area contributed by atoms with E-state index in [4.69, 9.17) is 9.26 Å². The molecule has 7 nitrogen and oxygen atoms in total. The summed E-state index contributed by atoms with van der Waals surface area (Å²) in [6.45, 7) is 4.66. The van der Waals surface area contributed by atoms with Gasteiger partial charge in [0.25, 0.3) is 11.5 Å². The average molecular weight is 317 g/mol. The van der Waals surface area contributed by atoms with Crippen molar-refractivity contribution in [3.63, 3.8) is 0 Å². The van der Waals surface area contributed by atoms with Crippen LogP contribution in [0.4, 0.5) is 0 Å². The van der Waals surface area contributed by atoms with Gasteiger partial charge in [-0.15, -0.1) is 0 Å². The molecule has 0 bridgehead atoms. The van der Waals surface area contributed by atoms with Crippen LogP contribution < -0.4 is 10.3 Å². The number of amides is 1. The largest absolute Gasteiger partial charge is 0.488 e. The van der Waals surface area contributed by atoms with Gasteiger partial charge in [0.2, 0.25) is 0 Å². The zero-order valence-electron chi connectivity index (χ0n) is 13.4. The summed E-state index contributed by atoms with van der Waals surface area (Å²) in [4.78, 5) is 25.9. The molecule has 7 heteroatoms. The lowest BCUT2D eigenvalue weighted by atomic mass is 10.2. The number of carbonyl (C=O) groups excluding carboxylic acids is 1. The number of pyridine rings is 1. The highest BCUT2D eigenvalue weighted by Gasteiger charge is 2.30. The molecule has 0 saturated carbocycles. The van der Waals surface area contributed by atoms with Crippen molar-refractivity contribution in [2.45, 2.75) is 26.4 Å². The van der Waals surface area contributed by atoms with Crippen molar-refractivity contribution in [1.82, 2.24) is 14.6 Å². The molecule has 122 valence electrons. The third-order valence-electron chi connectivity index (χ3n) is 4.19. The van der Waals surface area contributed by atoms with Crippen LogP contribution >= 0.6 is 0 Å². The van der Waals surface area contributed by atoms with Gasteiger partial charge in [-0.25, -0.2) is 0 Å². The fourth-order valence-corrected chi connectivity index (χ4v) is 2.68. The maximum Gasteiger partial charge on any atom is 0.259 e. The number of likely N-dealkylation sites (tertiary alicyclic amines) is 1. The topological polar surface area (TPSA) is 77.6 Å². The van der Waals surface area contributed by atoms with Crippen LogP contribution in [0.1, 0.15) is 28.2 Å². The third-order valence-corrected chi connectivity index (χ3v) is 4.19. The van der Waals surface area contributed by atoms with Gasteiger partial charge in [-0.3, -0.25) is 9.59 Å². The number of nitrogens with zero attached hydrogens (tertiary/aromatic N) is 3. The number of hydrogen-bond acceptors (Lipinski definition) is 5. The molecule has 0 aliphatic carbocycles. The Morgan fingerprint density at radius 1 is 1.39 bits per heavy atom. The van der Waals surface area contributed by atoms with Crippen molar-refractivity contribution in [3.05, 3.63) is 45.7 Å².